The molecule has 20 heavy (non-hydrogen) atoms. The van der Waals surface area contributed by atoms with Crippen molar-refractivity contribution in [3.8, 4) is 0 Å². The number of aryl methyl sites for hydroxylation is 1. The van der Waals surface area contributed by atoms with E-state index in [-0.39, 0.29) is 0 Å². The van der Waals surface area contributed by atoms with E-state index in [1.54, 1.807) is 0 Å². The van der Waals surface area contributed by atoms with Gasteiger partial charge in [-0.1, -0.05) is 23.9 Å². The van der Waals surface area contributed by atoms with Crippen LogP contribution >= 0.6 is 27.5 Å². The third-order valence-corrected chi connectivity index (χ3v) is 4.65. The Bertz CT molecular complexity index is 688. The Morgan fingerprint density at radius 2 is 2.10 bits per heavy atom. The third kappa shape index (κ3) is 2.36. The van der Waals surface area contributed by atoms with E-state index in [1.807, 2.05) is 19.1 Å². The standard InChI is InChI=1S/C15H14BBrClN2/c1-16-12-6-13(18)15(19)10-3-2-8-4-9(17)7-20-14(8)5-11(10)12/h4,6-7H,2-3,5,19H2,1H3. The van der Waals surface area contributed by atoms with Gasteiger partial charge in [0.1, 0.15) is 7.28 Å². The molecular weight excluding hydrogens is 334 g/mol. The smallest absolute Gasteiger partial charge is 0.148 e. The highest BCUT2D eigenvalue weighted by Crippen LogP contribution is 2.31. The van der Waals surface area contributed by atoms with E-state index in [9.17, 15) is 0 Å². The quantitative estimate of drug-likeness (QED) is 0.635. The SMILES string of the molecule is C[B]c1cc(Cl)c(N)c2c1Cc1ncc(Br)cc1CC2. The Kier molecular flexibility index (Phi) is 3.78. The number of hydrogen-bond acceptors (Lipinski definition) is 2. The molecule has 1 aliphatic carbocycles. The van der Waals surface area contributed by atoms with Crippen LogP contribution in [-0.4, -0.2) is 12.3 Å². The Morgan fingerprint density at radius 1 is 1.30 bits per heavy atom. The van der Waals surface area contributed by atoms with Crippen molar-refractivity contribution in [1.29, 1.82) is 0 Å². The third-order valence-electron chi connectivity index (χ3n) is 3.90. The summed E-state index contributed by atoms with van der Waals surface area (Å²) in [4.78, 5) is 4.57. The largest absolute Gasteiger partial charge is 0.397 e. The molecule has 0 spiro atoms. The highest BCUT2D eigenvalue weighted by atomic mass is 79.9. The summed E-state index contributed by atoms with van der Waals surface area (Å²) in [6, 6.07) is 4.11. The van der Waals surface area contributed by atoms with Gasteiger partial charge < -0.3 is 5.73 Å². The molecule has 1 aliphatic rings. The molecular formula is C15H14BBrClN2. The fraction of sp³-hybridized carbons (Fsp3) is 0.267. The van der Waals surface area contributed by atoms with E-state index >= 15 is 0 Å². The Balaban J connectivity index is 2.17. The molecule has 1 aromatic heterocycles. The van der Waals surface area contributed by atoms with Gasteiger partial charge in [0, 0.05) is 22.8 Å². The van der Waals surface area contributed by atoms with Crippen LogP contribution in [-0.2, 0) is 19.3 Å². The Morgan fingerprint density at radius 3 is 2.85 bits per heavy atom. The van der Waals surface area contributed by atoms with Gasteiger partial charge in [0.25, 0.3) is 0 Å². The molecule has 2 N–H and O–H groups in total. The lowest BCUT2D eigenvalue weighted by Crippen LogP contribution is -2.21. The van der Waals surface area contributed by atoms with Crippen molar-refractivity contribution in [3.63, 3.8) is 0 Å². The highest BCUT2D eigenvalue weighted by Gasteiger charge is 2.20. The van der Waals surface area contributed by atoms with Crippen molar-refractivity contribution in [1.82, 2.24) is 4.98 Å². The lowest BCUT2D eigenvalue weighted by Gasteiger charge is -2.15. The number of anilines is 1. The molecule has 2 aromatic rings. The van der Waals surface area contributed by atoms with E-state index < -0.39 is 0 Å². The Labute approximate surface area is 133 Å². The molecule has 101 valence electrons. The Hall–Kier alpha value is -0.995. The van der Waals surface area contributed by atoms with Crippen LogP contribution in [0, 0.1) is 0 Å². The summed E-state index contributed by atoms with van der Waals surface area (Å²) < 4.78 is 1.02. The normalized spacial score (nSPS) is 13.3. The first-order valence-corrected chi connectivity index (χ1v) is 7.79. The first-order chi connectivity index (χ1) is 9.60. The van der Waals surface area contributed by atoms with Gasteiger partial charge in [-0.15, -0.1) is 0 Å². The van der Waals surface area contributed by atoms with Crippen LogP contribution in [0.15, 0.2) is 22.8 Å². The molecule has 0 saturated heterocycles. The van der Waals surface area contributed by atoms with Crippen LogP contribution < -0.4 is 11.2 Å². The second-order valence-corrected chi connectivity index (χ2v) is 6.37. The summed E-state index contributed by atoms with van der Waals surface area (Å²) in [5.74, 6) is 0. The van der Waals surface area contributed by atoms with E-state index in [0.717, 1.165) is 40.6 Å². The molecule has 1 heterocycles. The number of halogens is 2. The van der Waals surface area contributed by atoms with Crippen LogP contribution in [0.1, 0.15) is 22.4 Å². The van der Waals surface area contributed by atoms with Crippen molar-refractivity contribution in [2.75, 3.05) is 5.73 Å². The summed E-state index contributed by atoms with van der Waals surface area (Å²) in [6.45, 7) is 2.03. The van der Waals surface area contributed by atoms with Crippen molar-refractivity contribution in [2.45, 2.75) is 26.1 Å². The summed E-state index contributed by atoms with van der Waals surface area (Å²) in [7, 11) is 2.09. The topological polar surface area (TPSA) is 38.9 Å². The number of pyridine rings is 1. The van der Waals surface area contributed by atoms with Crippen LogP contribution in [0.5, 0.6) is 0 Å². The van der Waals surface area contributed by atoms with Gasteiger partial charge in [0.2, 0.25) is 0 Å². The van der Waals surface area contributed by atoms with Gasteiger partial charge >= 0.3 is 0 Å². The summed E-state index contributed by atoms with van der Waals surface area (Å²) in [5, 5.41) is 0.650. The molecule has 0 fully saturated rings. The fourth-order valence-corrected chi connectivity index (χ4v) is 3.46. The minimum atomic E-state index is 0.650. The molecule has 0 amide bonds. The second-order valence-electron chi connectivity index (χ2n) is 5.04. The molecule has 1 aromatic carbocycles. The molecule has 0 unspecified atom stereocenters. The molecule has 1 radical (unpaired) electrons. The lowest BCUT2D eigenvalue weighted by molar-refractivity contribution is 0.951. The van der Waals surface area contributed by atoms with E-state index in [2.05, 4.69) is 34.3 Å². The fourth-order valence-electron chi connectivity index (χ4n) is 2.85. The van der Waals surface area contributed by atoms with Crippen molar-refractivity contribution >= 4 is 46.0 Å². The van der Waals surface area contributed by atoms with Crippen molar-refractivity contribution in [3.05, 3.63) is 50.2 Å². The molecule has 5 heteroatoms. The number of hydrogen-bond donors (Lipinski definition) is 1. The van der Waals surface area contributed by atoms with Gasteiger partial charge in [-0.2, -0.15) is 0 Å². The van der Waals surface area contributed by atoms with Gasteiger partial charge in [-0.05, 0) is 57.6 Å². The molecule has 0 bridgehead atoms. The zero-order chi connectivity index (χ0) is 14.3. The maximum absolute atomic E-state index is 6.25. The number of aromatic nitrogens is 1. The predicted molar refractivity (Wildman–Crippen MR) is 89.3 cm³/mol. The second kappa shape index (κ2) is 5.42. The van der Waals surface area contributed by atoms with E-state index in [0.29, 0.717) is 5.02 Å². The lowest BCUT2D eigenvalue weighted by atomic mass is 9.69. The van der Waals surface area contributed by atoms with E-state index in [1.165, 1.54) is 16.7 Å². The van der Waals surface area contributed by atoms with Crippen molar-refractivity contribution in [2.24, 2.45) is 0 Å². The van der Waals surface area contributed by atoms with Gasteiger partial charge in [-0.25, -0.2) is 0 Å². The first kappa shape index (κ1) is 14.0. The van der Waals surface area contributed by atoms with Gasteiger partial charge in [0.05, 0.1) is 10.7 Å². The van der Waals surface area contributed by atoms with Crippen LogP contribution in [0.2, 0.25) is 11.8 Å². The molecule has 3 rings (SSSR count). The summed E-state index contributed by atoms with van der Waals surface area (Å²) >= 11 is 9.74. The maximum Gasteiger partial charge on any atom is 0.148 e. The minimum absolute atomic E-state index is 0.650. The van der Waals surface area contributed by atoms with Crippen LogP contribution in [0.3, 0.4) is 0 Å². The number of benzene rings is 1. The zero-order valence-corrected chi connectivity index (χ0v) is 13.6. The molecule has 0 saturated carbocycles. The number of nitrogen functional groups attached to an aromatic ring is 1. The number of fused-ring (bicyclic) bond motifs is 2. The summed E-state index contributed by atoms with van der Waals surface area (Å²) in [5.41, 5.74) is 12.9. The van der Waals surface area contributed by atoms with Crippen LogP contribution in [0.25, 0.3) is 0 Å². The molecule has 0 aliphatic heterocycles. The maximum atomic E-state index is 6.25. The molecule has 2 nitrogen and oxygen atoms in total. The van der Waals surface area contributed by atoms with E-state index in [4.69, 9.17) is 17.3 Å². The van der Waals surface area contributed by atoms with Gasteiger partial charge in [-0.3, -0.25) is 4.98 Å². The predicted octanol–water partition coefficient (Wildman–Crippen LogP) is 3.15. The number of nitrogens with zero attached hydrogens (tertiary/aromatic N) is 1. The average Bonchev–Trinajstić information content (AvgIpc) is 2.62. The average molecular weight is 348 g/mol. The molecule has 0 atom stereocenters. The van der Waals surface area contributed by atoms with Crippen LogP contribution in [0.4, 0.5) is 5.69 Å². The number of nitrogens with two attached hydrogens (primary N) is 1. The number of rotatable bonds is 1. The zero-order valence-electron chi connectivity index (χ0n) is 11.2. The summed E-state index contributed by atoms with van der Waals surface area (Å²) in [6.07, 6.45) is 4.54. The first-order valence-electron chi connectivity index (χ1n) is 6.62. The monoisotopic (exact) mass is 347 g/mol. The highest BCUT2D eigenvalue weighted by molar-refractivity contribution is 9.10. The van der Waals surface area contributed by atoms with Gasteiger partial charge in [0.15, 0.2) is 0 Å². The van der Waals surface area contributed by atoms with Crippen molar-refractivity contribution < 1.29 is 0 Å². The minimum Gasteiger partial charge on any atom is -0.397 e.